The van der Waals surface area contributed by atoms with E-state index in [2.05, 4.69) is 5.10 Å². The summed E-state index contributed by atoms with van der Waals surface area (Å²) < 4.78 is 17.5. The molecule has 0 atom stereocenters. The van der Waals surface area contributed by atoms with Crippen LogP contribution in [0.2, 0.25) is 5.15 Å². The van der Waals surface area contributed by atoms with Gasteiger partial charge < -0.3 is 14.2 Å². The van der Waals surface area contributed by atoms with Crippen LogP contribution in [0.3, 0.4) is 0 Å². The summed E-state index contributed by atoms with van der Waals surface area (Å²) in [6.07, 6.45) is 3.69. The van der Waals surface area contributed by atoms with Crippen molar-refractivity contribution in [2.24, 2.45) is 7.05 Å². The van der Waals surface area contributed by atoms with Crippen LogP contribution in [0.5, 0.6) is 17.2 Å². The van der Waals surface area contributed by atoms with E-state index < -0.39 is 0 Å². The molecule has 2 heterocycles. The molecule has 1 aliphatic rings. The Kier molecular flexibility index (Phi) is 6.74. The average Bonchev–Trinajstić information content (AvgIpc) is 3.35. The Morgan fingerprint density at radius 3 is 2.19 bits per heavy atom. The molecule has 0 saturated carbocycles. The lowest BCUT2D eigenvalue weighted by molar-refractivity contribution is -0.134. The third-order valence-electron chi connectivity index (χ3n) is 5.02. The minimum Gasteiger partial charge on any atom is -0.493 e. The van der Waals surface area contributed by atoms with E-state index in [1.807, 2.05) is 6.92 Å². The summed E-state index contributed by atoms with van der Waals surface area (Å²) in [6.45, 7) is 2.66. The maximum Gasteiger partial charge on any atom is 0.272 e. The van der Waals surface area contributed by atoms with Gasteiger partial charge in [0.25, 0.3) is 11.8 Å². The molecular weight excluding hydrogens is 424 g/mol. The quantitative estimate of drug-likeness (QED) is 0.631. The highest BCUT2D eigenvalue weighted by Gasteiger charge is 2.31. The Labute approximate surface area is 185 Å². The smallest absolute Gasteiger partial charge is 0.272 e. The molecule has 0 radical (unpaired) electrons. The van der Waals surface area contributed by atoms with Crippen LogP contribution >= 0.6 is 11.6 Å². The third kappa shape index (κ3) is 4.32. The normalized spacial score (nSPS) is 13.7. The molecule has 0 unspecified atom stereocenters. The molecule has 1 saturated heterocycles. The van der Waals surface area contributed by atoms with Crippen LogP contribution in [0, 0.1) is 6.92 Å². The first-order chi connectivity index (χ1) is 14.8. The number of carbonyl (C=O) groups is 2. The maximum absolute atomic E-state index is 13.2. The Balaban J connectivity index is 1.85. The number of hydrogen-bond donors (Lipinski definition) is 0. The van der Waals surface area contributed by atoms with Gasteiger partial charge in [0.1, 0.15) is 5.15 Å². The van der Waals surface area contributed by atoms with Crippen LogP contribution in [-0.4, -0.2) is 66.0 Å². The number of hydrazine groups is 1. The monoisotopic (exact) mass is 448 g/mol. The van der Waals surface area contributed by atoms with Crippen molar-refractivity contribution in [1.82, 2.24) is 19.8 Å². The number of methoxy groups -OCH3 is 3. The van der Waals surface area contributed by atoms with Crippen LogP contribution in [0.25, 0.3) is 6.08 Å². The molecule has 2 aromatic rings. The Morgan fingerprint density at radius 2 is 1.68 bits per heavy atom. The van der Waals surface area contributed by atoms with Crippen molar-refractivity contribution in [2.45, 2.75) is 13.3 Å². The summed E-state index contributed by atoms with van der Waals surface area (Å²) in [6, 6.07) is 3.14. The van der Waals surface area contributed by atoms with Gasteiger partial charge in [0.2, 0.25) is 5.75 Å². The fraction of sp³-hybridized carbons (Fsp3) is 0.381. The highest BCUT2D eigenvalue weighted by molar-refractivity contribution is 6.31. The molecule has 3 rings (SSSR count). The van der Waals surface area contributed by atoms with Gasteiger partial charge in [-0.05, 0) is 31.6 Å². The van der Waals surface area contributed by atoms with Gasteiger partial charge in [-0.2, -0.15) is 5.10 Å². The van der Waals surface area contributed by atoms with Crippen molar-refractivity contribution in [1.29, 1.82) is 0 Å². The van der Waals surface area contributed by atoms with Crippen LogP contribution in [0.1, 0.15) is 28.0 Å². The molecular formula is C21H25ClN4O5. The van der Waals surface area contributed by atoms with Crippen LogP contribution in [0.4, 0.5) is 0 Å². The molecule has 166 valence electrons. The predicted molar refractivity (Wildman–Crippen MR) is 115 cm³/mol. The molecule has 1 aromatic heterocycles. The molecule has 0 N–H and O–H groups in total. The van der Waals surface area contributed by atoms with Gasteiger partial charge in [0.05, 0.1) is 27.0 Å². The van der Waals surface area contributed by atoms with Crippen molar-refractivity contribution >= 4 is 29.5 Å². The molecule has 1 fully saturated rings. The summed E-state index contributed by atoms with van der Waals surface area (Å²) in [5, 5.41) is 7.50. The molecule has 10 heteroatoms. The average molecular weight is 449 g/mol. The first-order valence-corrected chi connectivity index (χ1v) is 10.0. The first kappa shape index (κ1) is 22.5. The lowest BCUT2D eigenvalue weighted by atomic mass is 10.1. The summed E-state index contributed by atoms with van der Waals surface area (Å²) in [4.78, 5) is 26.1. The van der Waals surface area contributed by atoms with Gasteiger partial charge in [0, 0.05) is 37.3 Å². The molecule has 9 nitrogen and oxygen atoms in total. The minimum atomic E-state index is -0.339. The van der Waals surface area contributed by atoms with Crippen LogP contribution in [0.15, 0.2) is 18.2 Å². The number of aryl methyl sites for hydroxylation is 2. The van der Waals surface area contributed by atoms with Crippen molar-refractivity contribution in [3.8, 4) is 17.2 Å². The number of halogens is 1. The van der Waals surface area contributed by atoms with E-state index in [0.717, 1.165) is 0 Å². The number of ether oxygens (including phenoxy) is 3. The zero-order chi connectivity index (χ0) is 22.7. The van der Waals surface area contributed by atoms with Crippen LogP contribution < -0.4 is 14.2 Å². The third-order valence-corrected chi connectivity index (χ3v) is 5.47. The van der Waals surface area contributed by atoms with E-state index in [9.17, 15) is 9.59 Å². The van der Waals surface area contributed by atoms with E-state index in [1.54, 1.807) is 25.3 Å². The Morgan fingerprint density at radius 1 is 1.06 bits per heavy atom. The van der Waals surface area contributed by atoms with Crippen molar-refractivity contribution < 1.29 is 23.8 Å². The van der Waals surface area contributed by atoms with E-state index in [-0.39, 0.29) is 11.8 Å². The number of nitrogens with zero attached hydrogens (tertiary/aromatic N) is 4. The fourth-order valence-corrected chi connectivity index (χ4v) is 3.72. The summed E-state index contributed by atoms with van der Waals surface area (Å²) in [5.74, 6) is 0.460. The lowest BCUT2D eigenvalue weighted by Crippen LogP contribution is -2.44. The molecule has 1 aliphatic heterocycles. The van der Waals surface area contributed by atoms with Crippen LogP contribution in [-0.2, 0) is 11.8 Å². The van der Waals surface area contributed by atoms with Gasteiger partial charge in [-0.15, -0.1) is 0 Å². The van der Waals surface area contributed by atoms with Gasteiger partial charge in [0.15, 0.2) is 11.5 Å². The molecule has 0 spiro atoms. The SMILES string of the molecule is COc1cc(C(=O)N2CCCN2C(=O)C=Cc2c(C)nn(C)c2Cl)cc(OC)c1OC. The molecule has 0 bridgehead atoms. The second-order valence-corrected chi connectivity index (χ2v) is 7.26. The number of carbonyl (C=O) groups excluding carboxylic acids is 2. The maximum atomic E-state index is 13.2. The standard InChI is InChI=1S/C21H25ClN4O5/c1-13-15(20(22)24(2)23-13)7-8-18(27)25-9-6-10-26(25)21(28)14-11-16(29-3)19(31-5)17(12-14)30-4/h7-8,11-12H,6,9-10H2,1-5H3. The molecule has 1 aromatic carbocycles. The number of rotatable bonds is 6. The van der Waals surface area contributed by atoms with Gasteiger partial charge in [-0.3, -0.25) is 14.3 Å². The number of hydrogen-bond acceptors (Lipinski definition) is 6. The highest BCUT2D eigenvalue weighted by atomic mass is 35.5. The Bertz CT molecular complexity index is 1010. The van der Waals surface area contributed by atoms with Crippen molar-refractivity contribution in [2.75, 3.05) is 34.4 Å². The zero-order valence-corrected chi connectivity index (χ0v) is 18.9. The number of aromatic nitrogens is 2. The second-order valence-electron chi connectivity index (χ2n) is 6.90. The summed E-state index contributed by atoms with van der Waals surface area (Å²) in [7, 11) is 6.18. The molecule has 2 amide bonds. The summed E-state index contributed by atoms with van der Waals surface area (Å²) >= 11 is 6.22. The highest BCUT2D eigenvalue weighted by Crippen LogP contribution is 2.38. The fourth-order valence-electron chi connectivity index (χ4n) is 3.48. The lowest BCUT2D eigenvalue weighted by Gasteiger charge is -2.27. The predicted octanol–water partition coefficient (Wildman–Crippen LogP) is 2.71. The number of benzene rings is 1. The molecule has 0 aliphatic carbocycles. The van der Waals surface area contributed by atoms with E-state index in [1.165, 1.54) is 42.1 Å². The Hall–Kier alpha value is -3.20. The van der Waals surface area contributed by atoms with Crippen molar-refractivity contribution in [3.05, 3.63) is 40.2 Å². The van der Waals surface area contributed by atoms with E-state index >= 15 is 0 Å². The van der Waals surface area contributed by atoms with Gasteiger partial charge in [-0.1, -0.05) is 11.6 Å². The zero-order valence-electron chi connectivity index (χ0n) is 18.1. The summed E-state index contributed by atoms with van der Waals surface area (Å²) in [5.41, 5.74) is 1.70. The minimum absolute atomic E-state index is 0.322. The largest absolute Gasteiger partial charge is 0.493 e. The first-order valence-electron chi connectivity index (χ1n) is 9.62. The molecule has 31 heavy (non-hydrogen) atoms. The number of amides is 2. The van der Waals surface area contributed by atoms with E-state index in [4.69, 9.17) is 25.8 Å². The topological polar surface area (TPSA) is 86.1 Å². The van der Waals surface area contributed by atoms with Crippen molar-refractivity contribution in [3.63, 3.8) is 0 Å². The van der Waals surface area contributed by atoms with Gasteiger partial charge in [-0.25, -0.2) is 10.0 Å². The second kappa shape index (κ2) is 9.30. The van der Waals surface area contributed by atoms with Gasteiger partial charge >= 0.3 is 0 Å². The van der Waals surface area contributed by atoms with E-state index in [0.29, 0.717) is 58.7 Å².